The summed E-state index contributed by atoms with van der Waals surface area (Å²) in [7, 11) is 1.59. The quantitative estimate of drug-likeness (QED) is 0.692. The molecule has 0 bridgehead atoms. The van der Waals surface area contributed by atoms with Crippen molar-refractivity contribution in [1.82, 2.24) is 5.32 Å². The first-order chi connectivity index (χ1) is 12.6. The predicted molar refractivity (Wildman–Crippen MR) is 109 cm³/mol. The molecule has 26 heavy (non-hydrogen) atoms. The van der Waals surface area contributed by atoms with Crippen LogP contribution in [0, 0.1) is 0 Å². The van der Waals surface area contributed by atoms with E-state index in [-0.39, 0.29) is 5.91 Å². The molecule has 1 N–H and O–H groups in total. The summed E-state index contributed by atoms with van der Waals surface area (Å²) in [5.74, 6) is 1.14. The summed E-state index contributed by atoms with van der Waals surface area (Å²) >= 11 is 4.70. The lowest BCUT2D eigenvalue weighted by molar-refractivity contribution is -0.115. The van der Waals surface area contributed by atoms with Gasteiger partial charge in [-0.1, -0.05) is 22.0 Å². The minimum atomic E-state index is -0.168. The minimum absolute atomic E-state index is 0.168. The second kappa shape index (κ2) is 8.42. The highest BCUT2D eigenvalue weighted by atomic mass is 79.9. The van der Waals surface area contributed by atoms with Crippen LogP contribution in [0.25, 0.3) is 6.08 Å². The third-order valence-electron chi connectivity index (χ3n) is 3.49. The fourth-order valence-electron chi connectivity index (χ4n) is 2.31. The van der Waals surface area contributed by atoms with Crippen LogP contribution >= 0.6 is 27.7 Å². The van der Waals surface area contributed by atoms with E-state index in [4.69, 9.17) is 9.47 Å². The van der Waals surface area contributed by atoms with E-state index in [1.165, 1.54) is 11.8 Å². The summed E-state index contributed by atoms with van der Waals surface area (Å²) in [5.41, 5.74) is 1.63. The Bertz CT molecular complexity index is 879. The lowest BCUT2D eigenvalue weighted by atomic mass is 10.2. The Morgan fingerprint density at radius 1 is 1.19 bits per heavy atom. The third-order valence-corrected chi connectivity index (χ3v) is 4.93. The van der Waals surface area contributed by atoms with Crippen molar-refractivity contribution in [3.8, 4) is 11.5 Å². The van der Waals surface area contributed by atoms with Gasteiger partial charge < -0.3 is 14.8 Å². The zero-order valence-electron chi connectivity index (χ0n) is 14.3. The maximum atomic E-state index is 12.2. The van der Waals surface area contributed by atoms with E-state index in [2.05, 4.69) is 26.2 Å². The molecule has 1 saturated heterocycles. The predicted octanol–water partition coefficient (Wildman–Crippen LogP) is 4.75. The number of benzene rings is 2. The lowest BCUT2D eigenvalue weighted by Gasteiger charge is -2.09. The zero-order chi connectivity index (χ0) is 18.5. The van der Waals surface area contributed by atoms with Gasteiger partial charge in [0, 0.05) is 4.47 Å². The Morgan fingerprint density at radius 3 is 2.65 bits per heavy atom. The van der Waals surface area contributed by atoms with Crippen LogP contribution in [0.4, 0.5) is 5.69 Å². The number of halogens is 1. The van der Waals surface area contributed by atoms with Crippen LogP contribution in [0.1, 0.15) is 12.5 Å². The molecule has 1 amide bonds. The van der Waals surface area contributed by atoms with Crippen molar-refractivity contribution in [1.29, 1.82) is 0 Å². The van der Waals surface area contributed by atoms with E-state index in [0.717, 1.165) is 15.7 Å². The maximum Gasteiger partial charge on any atom is 0.264 e. The average Bonchev–Trinajstić information content (AvgIpc) is 2.97. The lowest BCUT2D eigenvalue weighted by Crippen LogP contribution is -2.19. The highest BCUT2D eigenvalue weighted by Gasteiger charge is 2.24. The molecule has 0 aliphatic carbocycles. The van der Waals surface area contributed by atoms with Gasteiger partial charge in [0.1, 0.15) is 0 Å². The molecule has 2 aromatic rings. The molecule has 2 aromatic carbocycles. The van der Waals surface area contributed by atoms with Crippen LogP contribution in [0.15, 0.2) is 56.8 Å². The van der Waals surface area contributed by atoms with Crippen molar-refractivity contribution in [3.63, 3.8) is 0 Å². The second-order valence-electron chi connectivity index (χ2n) is 5.30. The Kier molecular flexibility index (Phi) is 6.00. The van der Waals surface area contributed by atoms with E-state index in [1.54, 1.807) is 7.11 Å². The summed E-state index contributed by atoms with van der Waals surface area (Å²) < 4.78 is 11.8. The number of ether oxygens (including phenoxy) is 2. The fraction of sp³-hybridized carbons (Fsp3) is 0.158. The van der Waals surface area contributed by atoms with Gasteiger partial charge >= 0.3 is 0 Å². The van der Waals surface area contributed by atoms with Crippen molar-refractivity contribution >= 4 is 50.5 Å². The number of nitrogens with zero attached hydrogens (tertiary/aromatic N) is 1. The summed E-state index contributed by atoms with van der Waals surface area (Å²) in [6.07, 6.45) is 1.81. The summed E-state index contributed by atoms with van der Waals surface area (Å²) in [4.78, 5) is 17.2. The monoisotopic (exact) mass is 432 g/mol. The normalized spacial score (nSPS) is 16.8. The number of aliphatic imine (C=N–C) groups is 1. The molecule has 0 unspecified atom stereocenters. The van der Waals surface area contributed by atoms with E-state index < -0.39 is 0 Å². The highest BCUT2D eigenvalue weighted by Crippen LogP contribution is 2.32. The Balaban J connectivity index is 1.81. The molecule has 0 spiro atoms. The van der Waals surface area contributed by atoms with Gasteiger partial charge in [0.2, 0.25) is 0 Å². The van der Waals surface area contributed by atoms with E-state index >= 15 is 0 Å². The molecule has 1 aliphatic heterocycles. The van der Waals surface area contributed by atoms with Gasteiger partial charge in [-0.3, -0.25) is 4.79 Å². The molecular formula is C19H17BrN2O3S. The second-order valence-corrected chi connectivity index (χ2v) is 7.25. The van der Waals surface area contributed by atoms with Crippen LogP contribution in [0.5, 0.6) is 11.5 Å². The SMILES string of the molecule is CCOc1ccc(/C=C2/SC(=Nc3ccc(Br)cc3)NC2=O)cc1OC. The largest absolute Gasteiger partial charge is 0.493 e. The van der Waals surface area contributed by atoms with Crippen molar-refractivity contribution in [2.24, 2.45) is 4.99 Å². The van der Waals surface area contributed by atoms with Crippen molar-refractivity contribution < 1.29 is 14.3 Å². The molecule has 7 heteroatoms. The third kappa shape index (κ3) is 4.47. The smallest absolute Gasteiger partial charge is 0.264 e. The first-order valence-electron chi connectivity index (χ1n) is 7.95. The van der Waals surface area contributed by atoms with Gasteiger partial charge in [0.05, 0.1) is 24.3 Å². The minimum Gasteiger partial charge on any atom is -0.493 e. The highest BCUT2D eigenvalue weighted by molar-refractivity contribution is 9.10. The number of carbonyl (C=O) groups excluding carboxylic acids is 1. The number of nitrogens with one attached hydrogen (secondary N) is 1. The van der Waals surface area contributed by atoms with E-state index in [9.17, 15) is 4.79 Å². The number of hydrogen-bond acceptors (Lipinski definition) is 5. The fourth-order valence-corrected chi connectivity index (χ4v) is 3.42. The molecule has 5 nitrogen and oxygen atoms in total. The van der Waals surface area contributed by atoms with Crippen LogP contribution in [-0.2, 0) is 4.79 Å². The molecule has 134 valence electrons. The van der Waals surface area contributed by atoms with Gasteiger partial charge in [-0.25, -0.2) is 4.99 Å². The topological polar surface area (TPSA) is 59.9 Å². The van der Waals surface area contributed by atoms with Gasteiger partial charge in [-0.05, 0) is 66.7 Å². The van der Waals surface area contributed by atoms with E-state index in [1.807, 2.05) is 55.5 Å². The van der Waals surface area contributed by atoms with Gasteiger partial charge in [-0.15, -0.1) is 0 Å². The number of methoxy groups -OCH3 is 1. The van der Waals surface area contributed by atoms with Crippen LogP contribution in [0.2, 0.25) is 0 Å². The average molecular weight is 433 g/mol. The first-order valence-corrected chi connectivity index (χ1v) is 9.56. The number of thioether (sulfide) groups is 1. The van der Waals surface area contributed by atoms with Crippen molar-refractivity contribution in [2.75, 3.05) is 13.7 Å². The molecule has 0 aromatic heterocycles. The number of amidine groups is 1. The Morgan fingerprint density at radius 2 is 1.96 bits per heavy atom. The van der Waals surface area contributed by atoms with Gasteiger partial charge in [0.15, 0.2) is 16.7 Å². The zero-order valence-corrected chi connectivity index (χ0v) is 16.7. The number of amides is 1. The molecule has 3 rings (SSSR count). The summed E-state index contributed by atoms with van der Waals surface area (Å²) in [6.45, 7) is 2.48. The molecule has 0 radical (unpaired) electrons. The Hall–Kier alpha value is -2.25. The standard InChI is InChI=1S/C19H17BrN2O3S/c1-3-25-15-9-4-12(10-16(15)24-2)11-17-18(23)22-19(26-17)21-14-7-5-13(20)6-8-14/h4-11H,3H2,1-2H3,(H,21,22,23)/b17-11+. The molecule has 0 saturated carbocycles. The molecule has 1 heterocycles. The van der Waals surface area contributed by atoms with Gasteiger partial charge in [0.25, 0.3) is 5.91 Å². The first kappa shape index (κ1) is 18.5. The summed E-state index contributed by atoms with van der Waals surface area (Å²) in [6, 6.07) is 13.1. The van der Waals surface area contributed by atoms with Crippen molar-refractivity contribution in [2.45, 2.75) is 6.92 Å². The number of carbonyl (C=O) groups is 1. The molecule has 1 fully saturated rings. The molecule has 1 aliphatic rings. The number of hydrogen-bond donors (Lipinski definition) is 1. The van der Waals surface area contributed by atoms with Gasteiger partial charge in [-0.2, -0.15) is 0 Å². The molecule has 0 atom stereocenters. The van der Waals surface area contributed by atoms with Crippen molar-refractivity contribution in [3.05, 3.63) is 57.4 Å². The van der Waals surface area contributed by atoms with Crippen LogP contribution in [0.3, 0.4) is 0 Å². The van der Waals surface area contributed by atoms with E-state index in [0.29, 0.717) is 28.2 Å². The summed E-state index contributed by atoms with van der Waals surface area (Å²) in [5, 5.41) is 3.34. The van der Waals surface area contributed by atoms with Crippen LogP contribution < -0.4 is 14.8 Å². The maximum absolute atomic E-state index is 12.2. The molecular weight excluding hydrogens is 416 g/mol. The number of rotatable bonds is 5. The Labute approximate surface area is 164 Å². The van der Waals surface area contributed by atoms with Crippen LogP contribution in [-0.4, -0.2) is 24.8 Å².